The number of thioether (sulfide) groups is 1. The average molecular weight is 758 g/mol. The number of aryl methyl sites for hydroxylation is 1. The Kier molecular flexibility index (Phi) is 9.76. The van der Waals surface area contributed by atoms with E-state index >= 15 is 4.79 Å². The lowest BCUT2D eigenvalue weighted by Gasteiger charge is -2.42. The summed E-state index contributed by atoms with van der Waals surface area (Å²) in [7, 11) is -2.80. The Morgan fingerprint density at radius 3 is 2.28 bits per heavy atom. The van der Waals surface area contributed by atoms with Gasteiger partial charge in [0.25, 0.3) is 0 Å². The van der Waals surface area contributed by atoms with Crippen LogP contribution < -0.4 is 0 Å². The van der Waals surface area contributed by atoms with E-state index in [1.54, 1.807) is 37.6 Å². The van der Waals surface area contributed by atoms with E-state index in [9.17, 15) is 18.0 Å². The second-order valence-electron chi connectivity index (χ2n) is 12.0. The van der Waals surface area contributed by atoms with Gasteiger partial charge < -0.3 is 19.3 Å². The van der Waals surface area contributed by atoms with Crippen LogP contribution in [0.25, 0.3) is 10.9 Å². The summed E-state index contributed by atoms with van der Waals surface area (Å²) in [5, 5.41) is 1.16. The Hall–Kier alpha value is -3.32. The van der Waals surface area contributed by atoms with E-state index in [1.807, 2.05) is 61.5 Å². The first-order chi connectivity index (χ1) is 22.4. The maximum absolute atomic E-state index is 15.1. The van der Waals surface area contributed by atoms with Crippen LogP contribution in [-0.2, 0) is 37.5 Å². The smallest absolute Gasteiger partial charge is 0.242 e. The number of aromatic nitrogens is 1. The number of hydrogen-bond acceptors (Lipinski definition) is 6. The van der Waals surface area contributed by atoms with Crippen LogP contribution in [0.2, 0.25) is 5.02 Å². The SMILES string of the molecule is CC(=O)N1CCN(C(=O)[C@]2(Sc3ccc(C)cc3)CC(=O)N(Cc3ccc(Br)cc3)[C@H]2c2cn(C[SH](=O)=O)c3cc(Cl)ccc23)CC1. The molecular formula is C34H34BrClN4O5S2. The molecule has 0 spiro atoms. The number of halogens is 2. The quantitative estimate of drug-likeness (QED) is 0.234. The number of rotatable bonds is 8. The van der Waals surface area contributed by atoms with Crippen molar-refractivity contribution in [3.8, 4) is 0 Å². The largest absolute Gasteiger partial charge is 0.339 e. The van der Waals surface area contributed by atoms with Crippen molar-refractivity contribution in [2.75, 3.05) is 26.2 Å². The summed E-state index contributed by atoms with van der Waals surface area (Å²) in [6.45, 7) is 5.26. The first-order valence-corrected chi connectivity index (χ1v) is 18.5. The van der Waals surface area contributed by atoms with Crippen LogP contribution in [-0.4, -0.2) is 76.3 Å². The highest BCUT2D eigenvalue weighted by atomic mass is 79.9. The third-order valence-electron chi connectivity index (χ3n) is 8.89. The first-order valence-electron chi connectivity index (χ1n) is 15.2. The molecule has 13 heteroatoms. The monoisotopic (exact) mass is 756 g/mol. The zero-order chi connectivity index (χ0) is 33.5. The lowest BCUT2D eigenvalue weighted by molar-refractivity contribution is -0.140. The minimum absolute atomic E-state index is 0.0430. The van der Waals surface area contributed by atoms with Crippen LogP contribution >= 0.6 is 39.3 Å². The van der Waals surface area contributed by atoms with E-state index in [4.69, 9.17) is 11.6 Å². The number of thiol groups is 1. The van der Waals surface area contributed by atoms with E-state index < -0.39 is 21.5 Å². The zero-order valence-corrected chi connectivity index (χ0v) is 29.9. The summed E-state index contributed by atoms with van der Waals surface area (Å²) in [6, 6.07) is 20.1. The maximum Gasteiger partial charge on any atom is 0.242 e. The third kappa shape index (κ3) is 6.83. The van der Waals surface area contributed by atoms with Crippen molar-refractivity contribution in [1.82, 2.24) is 19.3 Å². The van der Waals surface area contributed by atoms with Gasteiger partial charge in [0.15, 0.2) is 10.7 Å². The molecule has 1 aromatic heterocycles. The van der Waals surface area contributed by atoms with Crippen LogP contribution in [0.4, 0.5) is 0 Å². The fraction of sp³-hybridized carbons (Fsp3) is 0.324. The zero-order valence-electron chi connectivity index (χ0n) is 25.9. The lowest BCUT2D eigenvalue weighted by Crippen LogP contribution is -2.56. The van der Waals surface area contributed by atoms with Gasteiger partial charge in [-0.25, -0.2) is 8.42 Å². The minimum Gasteiger partial charge on any atom is -0.339 e. The predicted octanol–water partition coefficient (Wildman–Crippen LogP) is 5.63. The van der Waals surface area contributed by atoms with Gasteiger partial charge in [-0.3, -0.25) is 14.4 Å². The molecular weight excluding hydrogens is 724 g/mol. The molecule has 2 atom stereocenters. The number of fused-ring (bicyclic) bond motifs is 1. The molecule has 2 aliphatic rings. The Balaban J connectivity index is 1.55. The number of likely N-dealkylation sites (tertiary alicyclic amines) is 1. The number of amides is 3. The minimum atomic E-state index is -2.80. The lowest BCUT2D eigenvalue weighted by atomic mass is 9.90. The van der Waals surface area contributed by atoms with E-state index in [0.717, 1.165) is 25.9 Å². The molecule has 3 amide bonds. The number of piperazine rings is 1. The van der Waals surface area contributed by atoms with Gasteiger partial charge in [0.05, 0.1) is 18.0 Å². The Morgan fingerprint density at radius 1 is 0.979 bits per heavy atom. The summed E-state index contributed by atoms with van der Waals surface area (Å²) < 4.78 is 25.3. The topological polar surface area (TPSA) is 100 Å². The molecule has 0 N–H and O–H groups in total. The van der Waals surface area contributed by atoms with Crippen molar-refractivity contribution in [3.63, 3.8) is 0 Å². The molecule has 6 rings (SSSR count). The number of carbonyl (C=O) groups excluding carboxylic acids is 3. The second-order valence-corrected chi connectivity index (χ2v) is 15.7. The van der Waals surface area contributed by atoms with Crippen molar-refractivity contribution in [1.29, 1.82) is 0 Å². The molecule has 47 heavy (non-hydrogen) atoms. The molecule has 3 aromatic carbocycles. The summed E-state index contributed by atoms with van der Waals surface area (Å²) in [4.78, 5) is 47.7. The van der Waals surface area contributed by atoms with Gasteiger partial charge in [-0.1, -0.05) is 63.4 Å². The maximum atomic E-state index is 15.1. The highest BCUT2D eigenvalue weighted by Gasteiger charge is 2.60. The fourth-order valence-electron chi connectivity index (χ4n) is 6.59. The number of nitrogens with zero attached hydrogens (tertiary/aromatic N) is 4. The molecule has 9 nitrogen and oxygen atoms in total. The number of benzene rings is 3. The molecule has 0 aliphatic carbocycles. The average Bonchev–Trinajstić information content (AvgIpc) is 3.51. The fourth-order valence-corrected chi connectivity index (χ4v) is 8.98. The van der Waals surface area contributed by atoms with Crippen LogP contribution in [0.1, 0.15) is 36.1 Å². The van der Waals surface area contributed by atoms with Gasteiger partial charge >= 0.3 is 0 Å². The third-order valence-corrected chi connectivity index (χ3v) is 11.6. The Bertz CT molecular complexity index is 1920. The van der Waals surface area contributed by atoms with Gasteiger partial charge in [0.2, 0.25) is 17.7 Å². The molecule has 4 aromatic rings. The van der Waals surface area contributed by atoms with Crippen LogP contribution in [0.3, 0.4) is 0 Å². The highest BCUT2D eigenvalue weighted by molar-refractivity contribution is 9.10. The van der Waals surface area contributed by atoms with Crippen molar-refractivity contribution < 1.29 is 22.8 Å². The van der Waals surface area contributed by atoms with E-state index in [2.05, 4.69) is 15.9 Å². The number of hydrogen-bond donors (Lipinski definition) is 1. The standard InChI is InChI=1S/C34H34BrClN4O5S2/c1-22-3-10-27(11-4-22)46-34(33(43)38-15-13-37(14-16-38)23(2)41)18-31(42)40(19-24-5-7-25(35)8-6-24)32(34)29-20-39(21-47(44)45)30-17-26(36)9-12-28(29)30/h3-12,17,20,32,47H,13-16,18-19,21H2,1-2H3/t32-,34-/m0/s1. The predicted molar refractivity (Wildman–Crippen MR) is 188 cm³/mol. The molecule has 0 radical (unpaired) electrons. The molecule has 0 saturated carbocycles. The van der Waals surface area contributed by atoms with Crippen molar-refractivity contribution in [2.24, 2.45) is 0 Å². The van der Waals surface area contributed by atoms with Crippen LogP contribution in [0, 0.1) is 6.92 Å². The Morgan fingerprint density at radius 2 is 1.64 bits per heavy atom. The number of carbonyl (C=O) groups is 3. The van der Waals surface area contributed by atoms with Gasteiger partial charge in [-0.2, -0.15) is 0 Å². The molecule has 0 bridgehead atoms. The molecule has 2 aliphatic heterocycles. The van der Waals surface area contributed by atoms with Gasteiger partial charge in [0, 0.05) is 71.2 Å². The van der Waals surface area contributed by atoms with Gasteiger partial charge in [-0.15, -0.1) is 11.8 Å². The van der Waals surface area contributed by atoms with Crippen molar-refractivity contribution in [2.45, 2.75) is 48.4 Å². The van der Waals surface area contributed by atoms with E-state index in [1.165, 1.54) is 18.7 Å². The molecule has 246 valence electrons. The van der Waals surface area contributed by atoms with Crippen LogP contribution in [0.15, 0.2) is 82.3 Å². The summed E-state index contributed by atoms with van der Waals surface area (Å²) >= 11 is 11.3. The van der Waals surface area contributed by atoms with Crippen molar-refractivity contribution >= 4 is 78.6 Å². The van der Waals surface area contributed by atoms with Gasteiger partial charge in [0.1, 0.15) is 10.6 Å². The Labute approximate surface area is 292 Å². The van der Waals surface area contributed by atoms with Crippen LogP contribution in [0.5, 0.6) is 0 Å². The molecule has 2 saturated heterocycles. The molecule has 2 fully saturated rings. The van der Waals surface area contributed by atoms with Crippen molar-refractivity contribution in [3.05, 3.63) is 99.1 Å². The summed E-state index contributed by atoms with van der Waals surface area (Å²) in [6.07, 6.45) is 1.70. The highest BCUT2D eigenvalue weighted by Crippen LogP contribution is 2.55. The summed E-state index contributed by atoms with van der Waals surface area (Å²) in [5.74, 6) is -0.692. The molecule has 0 unspecified atom stereocenters. The second kappa shape index (κ2) is 13.7. The normalized spacial score (nSPS) is 20.1. The first kappa shape index (κ1) is 33.6. The van der Waals surface area contributed by atoms with E-state index in [-0.39, 0.29) is 36.6 Å². The van der Waals surface area contributed by atoms with Gasteiger partial charge in [-0.05, 0) is 48.9 Å². The summed E-state index contributed by atoms with van der Waals surface area (Å²) in [5.41, 5.74) is 3.23. The van der Waals surface area contributed by atoms with E-state index in [0.29, 0.717) is 42.3 Å². The molecule has 3 heterocycles.